The zero-order valence-electron chi connectivity index (χ0n) is 51.1. The van der Waals surface area contributed by atoms with Crippen LogP contribution in [0.15, 0.2) is 60.9 Å². The Labute approximate surface area is 512 Å². The highest BCUT2D eigenvalue weighted by Crippen LogP contribution is 2.53. The second-order valence-corrected chi connectivity index (χ2v) is 26.8. The van der Waals surface area contributed by atoms with Crippen LogP contribution < -0.4 is 26.2 Å². The first-order valence-corrected chi connectivity index (χ1v) is 32.1. The predicted molar refractivity (Wildman–Crippen MR) is 330 cm³/mol. The molecule has 464 valence electrons. The summed E-state index contributed by atoms with van der Waals surface area (Å²) in [6.45, 7) is 13.4. The van der Waals surface area contributed by atoms with Crippen LogP contribution in [0.3, 0.4) is 0 Å². The van der Waals surface area contributed by atoms with Gasteiger partial charge in [-0.05, 0) is 172 Å². The number of carbonyl (C=O) groups is 7. The zero-order chi connectivity index (χ0) is 61.4. The van der Waals surface area contributed by atoms with Gasteiger partial charge in [-0.15, -0.1) is 0 Å². The van der Waals surface area contributed by atoms with Crippen LogP contribution in [-0.2, 0) is 29.4 Å². The Balaban J connectivity index is 0.676. The van der Waals surface area contributed by atoms with Crippen LogP contribution in [0.25, 0.3) is 22.3 Å². The first kappa shape index (κ1) is 59.2. The number of amides is 7. The minimum absolute atomic E-state index is 0.00134. The quantitative estimate of drug-likeness (QED) is 0.0658. The van der Waals surface area contributed by atoms with E-state index >= 15 is 9.18 Å². The van der Waals surface area contributed by atoms with Crippen molar-refractivity contribution in [3.63, 3.8) is 0 Å². The van der Waals surface area contributed by atoms with E-state index < -0.39 is 41.2 Å². The number of rotatable bonds is 14. The Hall–Kier alpha value is -7.78. The topological polar surface area (TPSA) is 235 Å². The third-order valence-electron chi connectivity index (χ3n) is 20.5. The van der Waals surface area contributed by atoms with Crippen LogP contribution in [0.4, 0.5) is 27.3 Å². The lowest BCUT2D eigenvalue weighted by atomic mass is 9.73. The molecule has 2 saturated carbocycles. The number of hydrogen-bond acceptors (Lipinski definition) is 13. The number of halogens is 1. The fourth-order valence-corrected chi connectivity index (χ4v) is 15.6. The lowest BCUT2D eigenvalue weighted by Crippen LogP contribution is -2.58. The molecule has 88 heavy (non-hydrogen) atoms. The maximum absolute atomic E-state index is 16.0. The van der Waals surface area contributed by atoms with Gasteiger partial charge in [0, 0.05) is 97.3 Å². The Morgan fingerprint density at radius 2 is 1.60 bits per heavy atom. The molecule has 5 N–H and O–H groups in total. The second kappa shape index (κ2) is 23.6. The van der Waals surface area contributed by atoms with Gasteiger partial charge in [0.15, 0.2) is 12.0 Å². The van der Waals surface area contributed by atoms with E-state index in [9.17, 15) is 33.9 Å². The number of imidazole rings is 1. The van der Waals surface area contributed by atoms with Gasteiger partial charge in [-0.25, -0.2) is 14.4 Å². The van der Waals surface area contributed by atoms with Gasteiger partial charge in [0.1, 0.15) is 17.4 Å². The fourth-order valence-electron chi connectivity index (χ4n) is 15.6. The van der Waals surface area contributed by atoms with E-state index in [2.05, 4.69) is 43.2 Å². The number of anilines is 4. The summed E-state index contributed by atoms with van der Waals surface area (Å²) in [5, 5.41) is 23.2. The minimum atomic E-state index is -1.31. The fraction of sp³-hybridized carbons (Fsp3) is 0.537. The molecule has 13 rings (SSSR count). The van der Waals surface area contributed by atoms with Crippen molar-refractivity contribution in [1.29, 1.82) is 0 Å². The lowest BCUT2D eigenvalue weighted by Gasteiger charge is -2.48. The molecule has 0 bridgehead atoms. The average Bonchev–Trinajstić information content (AvgIpc) is 1.66. The van der Waals surface area contributed by atoms with Crippen molar-refractivity contribution >= 4 is 75.3 Å². The van der Waals surface area contributed by atoms with Crippen molar-refractivity contribution in [3.05, 3.63) is 94.6 Å². The number of aliphatic hydroxyl groups is 1. The molecule has 2 unspecified atom stereocenters. The molecule has 6 aliphatic heterocycles. The third kappa shape index (κ3) is 10.8. The lowest BCUT2D eigenvalue weighted by molar-refractivity contribution is -0.140. The number of piperidine rings is 3. The summed E-state index contributed by atoms with van der Waals surface area (Å²) < 4.78 is 18.0. The molecule has 6 fully saturated rings. The molecule has 3 atom stereocenters. The minimum Gasteiger partial charge on any atom is -0.382 e. The molecule has 4 saturated heterocycles. The number of aromatic nitrogens is 3. The number of fused-ring (bicyclic) bond motifs is 4. The normalized spacial score (nSPS) is 25.4. The summed E-state index contributed by atoms with van der Waals surface area (Å²) in [4.78, 5) is 115. The van der Waals surface area contributed by atoms with Gasteiger partial charge in [0.05, 0.1) is 40.1 Å². The summed E-state index contributed by atoms with van der Waals surface area (Å²) in [6.07, 6.45) is 11.2. The number of carbonyl (C=O) groups excluding carboxylic acids is 7. The van der Waals surface area contributed by atoms with Crippen LogP contribution in [-0.4, -0.2) is 150 Å². The highest BCUT2D eigenvalue weighted by Gasteiger charge is 2.56. The average molecular weight is 1200 g/mol. The van der Waals surface area contributed by atoms with Crippen molar-refractivity contribution in [2.45, 2.75) is 179 Å². The number of nitrogens with one attached hydrogen (secondary N) is 4. The number of likely N-dealkylation sites (tertiary alicyclic amines) is 3. The van der Waals surface area contributed by atoms with E-state index in [4.69, 9.17) is 9.97 Å². The molecule has 2 aliphatic carbocycles. The molecule has 8 aliphatic rings. The summed E-state index contributed by atoms with van der Waals surface area (Å²) >= 11 is 0. The summed E-state index contributed by atoms with van der Waals surface area (Å²) in [5.41, 5.74) is 6.02. The summed E-state index contributed by atoms with van der Waals surface area (Å²) in [5.74, 6) is -1.87. The molecule has 2 aromatic heterocycles. The molecule has 21 heteroatoms. The van der Waals surface area contributed by atoms with Crippen LogP contribution in [0.5, 0.6) is 0 Å². The first-order chi connectivity index (χ1) is 42.3. The van der Waals surface area contributed by atoms with Crippen molar-refractivity contribution in [2.24, 2.45) is 11.8 Å². The second-order valence-electron chi connectivity index (χ2n) is 26.8. The van der Waals surface area contributed by atoms with Crippen molar-refractivity contribution < 1.29 is 43.1 Å². The van der Waals surface area contributed by atoms with Crippen molar-refractivity contribution in [2.75, 3.05) is 54.8 Å². The van der Waals surface area contributed by atoms with Crippen LogP contribution in [0, 0.1) is 24.6 Å². The Morgan fingerprint density at radius 1 is 0.841 bits per heavy atom. The van der Waals surface area contributed by atoms with Gasteiger partial charge in [-0.3, -0.25) is 43.8 Å². The van der Waals surface area contributed by atoms with Crippen LogP contribution in [0.1, 0.15) is 174 Å². The largest absolute Gasteiger partial charge is 0.382 e. The highest BCUT2D eigenvalue weighted by atomic mass is 19.1. The van der Waals surface area contributed by atoms with E-state index in [-0.39, 0.29) is 78.2 Å². The third-order valence-corrected chi connectivity index (χ3v) is 20.5. The number of benzene rings is 3. The number of imide groups is 1. The number of nitrogens with zero attached hydrogens (tertiary/aromatic N) is 8. The van der Waals surface area contributed by atoms with E-state index in [1.54, 1.807) is 25.4 Å². The number of hydrogen-bond donors (Lipinski definition) is 5. The molecule has 5 aromatic rings. The van der Waals surface area contributed by atoms with Crippen molar-refractivity contribution in [1.82, 2.24) is 44.8 Å². The molecule has 20 nitrogen and oxygen atoms in total. The van der Waals surface area contributed by atoms with Gasteiger partial charge in [-0.1, -0.05) is 30.7 Å². The maximum atomic E-state index is 16.0. The van der Waals surface area contributed by atoms with Gasteiger partial charge < -0.3 is 45.2 Å². The first-order valence-electron chi connectivity index (χ1n) is 32.1. The van der Waals surface area contributed by atoms with E-state index in [0.29, 0.717) is 108 Å². The monoisotopic (exact) mass is 1200 g/mol. The summed E-state index contributed by atoms with van der Waals surface area (Å²) in [6, 6.07) is 15.7. The predicted octanol–water partition coefficient (Wildman–Crippen LogP) is 8.39. The zero-order valence-corrected chi connectivity index (χ0v) is 51.1. The maximum Gasteiger partial charge on any atom is 0.259 e. The van der Waals surface area contributed by atoms with E-state index in [1.807, 2.05) is 60.3 Å². The number of aryl methyl sites for hydroxylation is 1. The smallest absolute Gasteiger partial charge is 0.259 e. The molecule has 3 aromatic carbocycles. The van der Waals surface area contributed by atoms with Gasteiger partial charge in [0.25, 0.3) is 11.8 Å². The Kier molecular flexibility index (Phi) is 15.9. The molecular weight excluding hydrogens is 1120 g/mol. The van der Waals surface area contributed by atoms with Gasteiger partial charge in [-0.2, -0.15) is 0 Å². The number of pyridine rings is 1. The Morgan fingerprint density at radius 3 is 2.33 bits per heavy atom. The molecule has 7 amide bonds. The van der Waals surface area contributed by atoms with Crippen molar-refractivity contribution in [3.8, 4) is 11.3 Å². The van der Waals surface area contributed by atoms with E-state index in [0.717, 1.165) is 68.4 Å². The van der Waals surface area contributed by atoms with Gasteiger partial charge >= 0.3 is 0 Å². The van der Waals surface area contributed by atoms with Gasteiger partial charge in [0.2, 0.25) is 29.5 Å². The standard InChI is InChI=1S/C67H81FN12O8/c1-37(2)70-61(83)47-33-52(49(68)28-39(47)5)73-60-59-53(69-36-78(59)38(3)4)34-51(72-60)41-14-17-48-55(30-41)79(45-31-44(32-45)75-23-7-6-8-24-75)66(88)67(48)21-26-76(27-22-67)63(85)42-20-25-77(35-42)57(82)29-40-12-15-43(16-13-40)71-50-11-9-10-46-58(50)65(87)80(64(46)86)54-18-19-56(81)74-62(54)84/h9-11,14,17,28,30,33-34,36-38,40,42-45,54,64,71,86H,6-8,12-13,15-16,18-27,29,31-32,35H2,1-5H3,(H,70,83)(H,72,73)(H,74,81,84)/t40?,42-,43?,44?,45?,54?,64?/m1/s1. The highest BCUT2D eigenvalue weighted by molar-refractivity contribution is 6.10. The van der Waals surface area contributed by atoms with Crippen LogP contribution >= 0.6 is 0 Å². The Bertz CT molecular complexity index is 3630. The molecular formula is C67H81FN12O8. The van der Waals surface area contributed by atoms with E-state index in [1.165, 1.54) is 36.3 Å². The molecule has 1 spiro atoms. The molecule has 0 radical (unpaired) electrons. The molecule has 8 heterocycles. The number of aliphatic hydroxyl groups excluding tert-OH is 1. The SMILES string of the molecule is Cc1cc(F)c(Nc2nc(-c3ccc4c(c3)N(C3CC(N5CCCCC5)C3)C(=O)C43CCN(C(=O)[C@@H]4CCN(C(=O)CC5CCC(Nc6cccc7c6C(=O)N(C6CCC(=O)NC6=O)C7O)CC5)C4)CC3)cc3ncn(C(C)C)c23)cc1C(=O)NC(C)C. The summed E-state index contributed by atoms with van der Waals surface area (Å²) in [7, 11) is 0. The van der Waals surface area contributed by atoms with Crippen LogP contribution in [0.2, 0.25) is 0 Å².